The molecule has 0 aliphatic heterocycles. The van der Waals surface area contributed by atoms with Crippen molar-refractivity contribution in [3.63, 3.8) is 0 Å². The molecule has 0 bridgehead atoms. The fourth-order valence-corrected chi connectivity index (χ4v) is 3.28. The molecule has 7 nitrogen and oxygen atoms in total. The lowest BCUT2D eigenvalue weighted by atomic mass is 10.2. The van der Waals surface area contributed by atoms with E-state index >= 15 is 0 Å². The summed E-state index contributed by atoms with van der Waals surface area (Å²) in [5.74, 6) is 0.795. The van der Waals surface area contributed by atoms with Gasteiger partial charge in [-0.1, -0.05) is 13.8 Å². The summed E-state index contributed by atoms with van der Waals surface area (Å²) >= 11 is 0. The third kappa shape index (κ3) is 4.66. The van der Waals surface area contributed by atoms with Gasteiger partial charge < -0.3 is 14.2 Å². The lowest BCUT2D eigenvalue weighted by Gasteiger charge is -2.09. The smallest absolute Gasteiger partial charge is 0.240 e. The lowest BCUT2D eigenvalue weighted by Crippen LogP contribution is -2.23. The number of amides is 1. The maximum absolute atomic E-state index is 12.4. The van der Waals surface area contributed by atoms with E-state index < -0.39 is 10.0 Å². The SMILES string of the molecule is CC(C)C(=O)Nc1ccc(S(=O)(=O)NCc2ccc(-c3ccoc3)o2)cc1. The van der Waals surface area contributed by atoms with E-state index in [2.05, 4.69) is 10.0 Å². The van der Waals surface area contributed by atoms with Crippen LogP contribution in [0.3, 0.4) is 0 Å². The van der Waals surface area contributed by atoms with Crippen LogP contribution in [0.4, 0.5) is 5.69 Å². The number of hydrogen-bond donors (Lipinski definition) is 2. The van der Waals surface area contributed by atoms with Gasteiger partial charge in [-0.3, -0.25) is 4.79 Å². The first-order chi connectivity index (χ1) is 12.8. The summed E-state index contributed by atoms with van der Waals surface area (Å²) in [6.07, 6.45) is 3.08. The average Bonchev–Trinajstić information content (AvgIpc) is 3.32. The standard InChI is InChI=1S/C19H20N2O5S/c1-13(2)19(22)21-15-3-6-17(7-4-15)27(23,24)20-11-16-5-8-18(26-16)14-9-10-25-12-14/h3-10,12-13,20H,11H2,1-2H3,(H,21,22). The van der Waals surface area contributed by atoms with E-state index in [0.29, 0.717) is 17.2 Å². The quantitative estimate of drug-likeness (QED) is 0.644. The number of carbonyl (C=O) groups excluding carboxylic acids is 1. The van der Waals surface area contributed by atoms with Crippen LogP contribution in [0.25, 0.3) is 11.3 Å². The molecule has 0 aliphatic carbocycles. The summed E-state index contributed by atoms with van der Waals surface area (Å²) in [4.78, 5) is 11.8. The van der Waals surface area contributed by atoms with Crippen molar-refractivity contribution in [3.8, 4) is 11.3 Å². The molecule has 1 amide bonds. The average molecular weight is 388 g/mol. The molecule has 0 unspecified atom stereocenters. The van der Waals surface area contributed by atoms with Gasteiger partial charge in [0.1, 0.15) is 17.8 Å². The number of nitrogens with one attached hydrogen (secondary N) is 2. The van der Waals surface area contributed by atoms with E-state index in [0.717, 1.165) is 5.56 Å². The molecule has 27 heavy (non-hydrogen) atoms. The molecule has 0 aliphatic rings. The Kier molecular flexibility index (Phi) is 5.48. The number of rotatable bonds is 7. The number of benzene rings is 1. The molecule has 2 heterocycles. The molecule has 3 aromatic rings. The zero-order valence-corrected chi connectivity index (χ0v) is 15.7. The van der Waals surface area contributed by atoms with Crippen LogP contribution in [0.2, 0.25) is 0 Å². The van der Waals surface area contributed by atoms with Crippen LogP contribution in [0.5, 0.6) is 0 Å². The van der Waals surface area contributed by atoms with Crippen molar-refractivity contribution in [2.24, 2.45) is 5.92 Å². The molecule has 3 rings (SSSR count). The van der Waals surface area contributed by atoms with Gasteiger partial charge in [-0.05, 0) is 42.5 Å². The molecule has 0 saturated carbocycles. The highest BCUT2D eigenvalue weighted by Gasteiger charge is 2.16. The summed E-state index contributed by atoms with van der Waals surface area (Å²) < 4.78 is 38.0. The molecule has 2 N–H and O–H groups in total. The number of furan rings is 2. The van der Waals surface area contributed by atoms with E-state index in [9.17, 15) is 13.2 Å². The molecule has 0 atom stereocenters. The van der Waals surface area contributed by atoms with E-state index in [4.69, 9.17) is 8.83 Å². The molecule has 1 aromatic carbocycles. The summed E-state index contributed by atoms with van der Waals surface area (Å²) in [6.45, 7) is 3.58. The molecule has 0 fully saturated rings. The second-order valence-electron chi connectivity index (χ2n) is 6.27. The highest BCUT2D eigenvalue weighted by Crippen LogP contribution is 2.23. The molecular weight excluding hydrogens is 368 g/mol. The summed E-state index contributed by atoms with van der Waals surface area (Å²) in [6, 6.07) is 11.2. The van der Waals surface area contributed by atoms with Gasteiger partial charge in [-0.15, -0.1) is 0 Å². The van der Waals surface area contributed by atoms with Crippen LogP contribution in [0.1, 0.15) is 19.6 Å². The van der Waals surface area contributed by atoms with Gasteiger partial charge in [0.15, 0.2) is 0 Å². The van der Waals surface area contributed by atoms with E-state index in [1.165, 1.54) is 18.4 Å². The zero-order chi connectivity index (χ0) is 19.4. The van der Waals surface area contributed by atoms with Crippen LogP contribution in [-0.2, 0) is 21.4 Å². The minimum Gasteiger partial charge on any atom is -0.472 e. The normalized spacial score (nSPS) is 11.7. The summed E-state index contributed by atoms with van der Waals surface area (Å²) in [5.41, 5.74) is 1.33. The number of carbonyl (C=O) groups is 1. The summed E-state index contributed by atoms with van der Waals surface area (Å²) in [5, 5.41) is 2.72. The van der Waals surface area contributed by atoms with Crippen LogP contribution in [0, 0.1) is 5.92 Å². The second-order valence-corrected chi connectivity index (χ2v) is 8.04. The Morgan fingerprint density at radius 1 is 1.07 bits per heavy atom. The molecule has 0 radical (unpaired) electrons. The van der Waals surface area contributed by atoms with Gasteiger partial charge in [0, 0.05) is 11.6 Å². The lowest BCUT2D eigenvalue weighted by molar-refractivity contribution is -0.118. The van der Waals surface area contributed by atoms with Gasteiger partial charge in [-0.2, -0.15) is 0 Å². The number of hydrogen-bond acceptors (Lipinski definition) is 5. The van der Waals surface area contributed by atoms with Crippen molar-refractivity contribution in [3.05, 3.63) is 60.8 Å². The van der Waals surface area contributed by atoms with E-state index in [-0.39, 0.29) is 23.3 Å². The Morgan fingerprint density at radius 2 is 1.81 bits per heavy atom. The molecular formula is C19H20N2O5S. The minimum atomic E-state index is -3.71. The molecule has 2 aromatic heterocycles. The summed E-state index contributed by atoms with van der Waals surface area (Å²) in [7, 11) is -3.71. The van der Waals surface area contributed by atoms with Gasteiger partial charge >= 0.3 is 0 Å². The Hall–Kier alpha value is -2.84. The largest absolute Gasteiger partial charge is 0.472 e. The van der Waals surface area contributed by atoms with Crippen molar-refractivity contribution in [2.75, 3.05) is 5.32 Å². The topological polar surface area (TPSA) is 102 Å². The molecule has 142 valence electrons. The van der Waals surface area contributed by atoms with Crippen molar-refractivity contribution >= 4 is 21.6 Å². The van der Waals surface area contributed by atoms with Crippen LogP contribution >= 0.6 is 0 Å². The zero-order valence-electron chi connectivity index (χ0n) is 14.9. The molecule has 0 spiro atoms. The van der Waals surface area contributed by atoms with Gasteiger partial charge in [-0.25, -0.2) is 13.1 Å². The Labute approximate surface area is 157 Å². The predicted octanol–water partition coefficient (Wildman–Crippen LogP) is 3.61. The third-order valence-electron chi connectivity index (χ3n) is 3.86. The van der Waals surface area contributed by atoms with Crippen LogP contribution in [-0.4, -0.2) is 14.3 Å². The van der Waals surface area contributed by atoms with Crippen molar-refractivity contribution in [1.29, 1.82) is 0 Å². The highest BCUT2D eigenvalue weighted by molar-refractivity contribution is 7.89. The maximum atomic E-state index is 12.4. The van der Waals surface area contributed by atoms with Gasteiger partial charge in [0.05, 0.1) is 23.3 Å². The predicted molar refractivity (Wildman–Crippen MR) is 100 cm³/mol. The molecule has 8 heteroatoms. The van der Waals surface area contributed by atoms with Gasteiger partial charge in [0.25, 0.3) is 0 Å². The number of sulfonamides is 1. The van der Waals surface area contributed by atoms with Crippen molar-refractivity contribution < 1.29 is 22.0 Å². The van der Waals surface area contributed by atoms with Crippen LogP contribution in [0.15, 0.2) is 68.7 Å². The first-order valence-corrected chi connectivity index (χ1v) is 9.85. The van der Waals surface area contributed by atoms with E-state index in [1.807, 2.05) is 0 Å². The maximum Gasteiger partial charge on any atom is 0.240 e. The first-order valence-electron chi connectivity index (χ1n) is 8.37. The highest BCUT2D eigenvalue weighted by atomic mass is 32.2. The Balaban J connectivity index is 1.64. The number of anilines is 1. The Bertz CT molecular complexity index is 1000. The Morgan fingerprint density at radius 3 is 2.44 bits per heavy atom. The first kappa shape index (κ1) is 18.9. The minimum absolute atomic E-state index is 0.0199. The van der Waals surface area contributed by atoms with Gasteiger partial charge in [0.2, 0.25) is 15.9 Å². The van der Waals surface area contributed by atoms with Crippen LogP contribution < -0.4 is 10.0 Å². The second kappa shape index (κ2) is 7.81. The monoisotopic (exact) mass is 388 g/mol. The van der Waals surface area contributed by atoms with E-state index in [1.54, 1.807) is 50.4 Å². The molecule has 0 saturated heterocycles. The fraction of sp³-hybridized carbons (Fsp3) is 0.211. The van der Waals surface area contributed by atoms with Crippen molar-refractivity contribution in [1.82, 2.24) is 4.72 Å². The fourth-order valence-electron chi connectivity index (χ4n) is 2.29. The third-order valence-corrected chi connectivity index (χ3v) is 5.28. The van der Waals surface area contributed by atoms with Crippen molar-refractivity contribution in [2.45, 2.75) is 25.3 Å².